The van der Waals surface area contributed by atoms with Crippen molar-refractivity contribution < 1.29 is 23.3 Å². The second-order valence-electron chi connectivity index (χ2n) is 9.94. The average molecular weight is 554 g/mol. The third kappa shape index (κ3) is 5.39. The quantitative estimate of drug-likeness (QED) is 0.496. The van der Waals surface area contributed by atoms with Crippen molar-refractivity contribution in [2.24, 2.45) is 5.73 Å². The molecule has 3 aromatic rings. The second-order valence-corrected chi connectivity index (χ2v) is 10.3. The first-order valence-electron chi connectivity index (χ1n) is 12.9. The number of nitrogens with two attached hydrogens (primary N) is 1. The third-order valence-corrected chi connectivity index (χ3v) is 7.67. The van der Waals surface area contributed by atoms with Crippen molar-refractivity contribution >= 4 is 29.3 Å². The van der Waals surface area contributed by atoms with Gasteiger partial charge >= 0.3 is 0 Å². The first kappa shape index (κ1) is 26.8. The Hall–Kier alpha value is -3.76. The van der Waals surface area contributed by atoms with E-state index in [1.165, 1.54) is 34.1 Å². The van der Waals surface area contributed by atoms with E-state index in [2.05, 4.69) is 10.5 Å². The molecule has 1 aromatic heterocycles. The zero-order valence-corrected chi connectivity index (χ0v) is 22.2. The standard InChI is InChI=1S/C28H29ClFN5O4/c1-16-23(24(33-39-16)21-4-2-3-5-22(21)29)28(38)35-15-14-34(27(37)17-6-8-18(30)9-7-17)26(35)25(36)32-20-12-10-19(31)11-13-20/h2-9,19-20,26H,10-15,31H2,1H3,(H,32,36). The number of benzene rings is 2. The Kier molecular flexibility index (Phi) is 7.67. The van der Waals surface area contributed by atoms with E-state index < -0.39 is 29.7 Å². The molecule has 1 saturated carbocycles. The summed E-state index contributed by atoms with van der Waals surface area (Å²) in [5.74, 6) is -1.68. The number of carbonyl (C=O) groups excluding carboxylic acids is 3. The topological polar surface area (TPSA) is 122 Å². The first-order chi connectivity index (χ1) is 18.7. The smallest absolute Gasteiger partial charge is 0.264 e. The van der Waals surface area contributed by atoms with Crippen molar-refractivity contribution in [2.75, 3.05) is 13.1 Å². The number of hydrogen-bond acceptors (Lipinski definition) is 6. The van der Waals surface area contributed by atoms with Gasteiger partial charge in [0.25, 0.3) is 17.7 Å². The Balaban J connectivity index is 1.48. The van der Waals surface area contributed by atoms with Crippen LogP contribution in [0.5, 0.6) is 0 Å². The summed E-state index contributed by atoms with van der Waals surface area (Å²) in [4.78, 5) is 43.9. The third-order valence-electron chi connectivity index (χ3n) is 7.34. The van der Waals surface area contributed by atoms with E-state index in [9.17, 15) is 18.8 Å². The number of carbonyl (C=O) groups is 3. The molecule has 0 radical (unpaired) electrons. The van der Waals surface area contributed by atoms with Crippen LogP contribution in [0.1, 0.15) is 52.2 Å². The van der Waals surface area contributed by atoms with Gasteiger partial charge in [-0.05, 0) is 62.9 Å². The van der Waals surface area contributed by atoms with Gasteiger partial charge in [-0.25, -0.2) is 4.39 Å². The maximum atomic E-state index is 14.0. The minimum Gasteiger partial charge on any atom is -0.360 e. The summed E-state index contributed by atoms with van der Waals surface area (Å²) in [5.41, 5.74) is 7.17. The number of amides is 3. The van der Waals surface area contributed by atoms with E-state index >= 15 is 0 Å². The number of rotatable bonds is 5. The molecular weight excluding hydrogens is 525 g/mol. The average Bonchev–Trinajstić information content (AvgIpc) is 3.54. The molecule has 39 heavy (non-hydrogen) atoms. The molecule has 2 aliphatic rings. The summed E-state index contributed by atoms with van der Waals surface area (Å²) in [6, 6.07) is 12.0. The fraction of sp³-hybridized carbons (Fsp3) is 0.357. The molecule has 9 nitrogen and oxygen atoms in total. The van der Waals surface area contributed by atoms with Crippen LogP contribution >= 0.6 is 11.6 Å². The van der Waals surface area contributed by atoms with Gasteiger partial charge in [0.15, 0.2) is 6.17 Å². The molecule has 1 saturated heterocycles. The molecule has 5 rings (SSSR count). The van der Waals surface area contributed by atoms with E-state index in [1.54, 1.807) is 31.2 Å². The van der Waals surface area contributed by atoms with Crippen molar-refractivity contribution in [3.63, 3.8) is 0 Å². The van der Waals surface area contributed by atoms with Crippen LogP contribution in [0.25, 0.3) is 11.3 Å². The summed E-state index contributed by atoms with van der Waals surface area (Å²) >= 11 is 6.39. The van der Waals surface area contributed by atoms with Crippen molar-refractivity contribution in [1.82, 2.24) is 20.3 Å². The van der Waals surface area contributed by atoms with Gasteiger partial charge in [-0.3, -0.25) is 14.4 Å². The van der Waals surface area contributed by atoms with Crippen LogP contribution in [0.4, 0.5) is 4.39 Å². The van der Waals surface area contributed by atoms with Crippen LogP contribution in [0.2, 0.25) is 5.02 Å². The maximum Gasteiger partial charge on any atom is 0.264 e. The van der Waals surface area contributed by atoms with Gasteiger partial charge in [-0.1, -0.05) is 35.0 Å². The lowest BCUT2D eigenvalue weighted by atomic mass is 9.92. The SMILES string of the molecule is Cc1onc(-c2ccccc2Cl)c1C(=O)N1CCN(C(=O)c2ccc(F)cc2)C1C(=O)NC1CCC(N)CC1. The molecule has 11 heteroatoms. The zero-order valence-electron chi connectivity index (χ0n) is 21.4. The summed E-state index contributed by atoms with van der Waals surface area (Å²) < 4.78 is 18.9. The first-order valence-corrected chi connectivity index (χ1v) is 13.3. The highest BCUT2D eigenvalue weighted by molar-refractivity contribution is 6.33. The van der Waals surface area contributed by atoms with Gasteiger partial charge in [0.05, 0.1) is 5.02 Å². The predicted octanol–water partition coefficient (Wildman–Crippen LogP) is 3.75. The summed E-state index contributed by atoms with van der Waals surface area (Å²) in [6.45, 7) is 1.83. The van der Waals surface area contributed by atoms with E-state index in [4.69, 9.17) is 21.9 Å². The van der Waals surface area contributed by atoms with E-state index in [1.807, 2.05) is 0 Å². The van der Waals surface area contributed by atoms with Crippen LogP contribution < -0.4 is 11.1 Å². The predicted molar refractivity (Wildman–Crippen MR) is 142 cm³/mol. The number of nitrogens with zero attached hydrogens (tertiary/aromatic N) is 3. The molecule has 1 aliphatic carbocycles. The van der Waals surface area contributed by atoms with Crippen LogP contribution in [-0.2, 0) is 4.79 Å². The molecule has 2 fully saturated rings. The molecule has 0 spiro atoms. The van der Waals surface area contributed by atoms with Crippen molar-refractivity contribution in [1.29, 1.82) is 0 Å². The normalized spacial score (nSPS) is 21.2. The molecular formula is C28H29ClFN5O4. The van der Waals surface area contributed by atoms with Crippen LogP contribution in [0.15, 0.2) is 53.1 Å². The fourth-order valence-corrected chi connectivity index (χ4v) is 5.46. The minimum atomic E-state index is -1.22. The molecule has 1 aliphatic heterocycles. The highest BCUT2D eigenvalue weighted by Crippen LogP contribution is 2.33. The molecule has 3 N–H and O–H groups in total. The molecule has 2 aromatic carbocycles. The molecule has 2 heterocycles. The van der Waals surface area contributed by atoms with Gasteiger partial charge in [-0.15, -0.1) is 0 Å². The number of hydrogen-bond donors (Lipinski definition) is 2. The Morgan fingerprint density at radius 1 is 1.00 bits per heavy atom. The summed E-state index contributed by atoms with van der Waals surface area (Å²) in [5, 5.41) is 7.50. The lowest BCUT2D eigenvalue weighted by molar-refractivity contribution is -0.129. The van der Waals surface area contributed by atoms with Crippen molar-refractivity contribution in [3.05, 3.63) is 76.3 Å². The molecule has 3 amide bonds. The van der Waals surface area contributed by atoms with Gasteiger partial charge in [0, 0.05) is 36.3 Å². The molecule has 204 valence electrons. The Morgan fingerprint density at radius 2 is 1.64 bits per heavy atom. The zero-order chi connectivity index (χ0) is 27.7. The van der Waals surface area contributed by atoms with Gasteiger partial charge < -0.3 is 25.4 Å². The maximum absolute atomic E-state index is 14.0. The summed E-state index contributed by atoms with van der Waals surface area (Å²) in [7, 11) is 0. The van der Waals surface area contributed by atoms with Gasteiger partial charge in [0.1, 0.15) is 22.8 Å². The van der Waals surface area contributed by atoms with Crippen molar-refractivity contribution in [2.45, 2.75) is 50.9 Å². The van der Waals surface area contributed by atoms with E-state index in [-0.39, 0.29) is 47.8 Å². The molecule has 0 bridgehead atoms. The Morgan fingerprint density at radius 3 is 2.31 bits per heavy atom. The largest absolute Gasteiger partial charge is 0.360 e. The van der Waals surface area contributed by atoms with Crippen LogP contribution in [-0.4, -0.2) is 64.0 Å². The fourth-order valence-electron chi connectivity index (χ4n) is 5.24. The van der Waals surface area contributed by atoms with E-state index in [0.29, 0.717) is 23.4 Å². The van der Waals surface area contributed by atoms with Crippen LogP contribution in [0.3, 0.4) is 0 Å². The second kappa shape index (κ2) is 11.2. The Bertz CT molecular complexity index is 1390. The molecule has 1 unspecified atom stereocenters. The highest BCUT2D eigenvalue weighted by Gasteiger charge is 2.45. The van der Waals surface area contributed by atoms with Gasteiger partial charge in [0.2, 0.25) is 0 Å². The Labute approximate surface area is 230 Å². The minimum absolute atomic E-state index is 0.0964. The highest BCUT2D eigenvalue weighted by atomic mass is 35.5. The lowest BCUT2D eigenvalue weighted by Gasteiger charge is -2.32. The summed E-state index contributed by atoms with van der Waals surface area (Å²) in [6.07, 6.45) is 1.75. The number of aryl methyl sites for hydroxylation is 1. The number of aromatic nitrogens is 1. The number of nitrogens with one attached hydrogen (secondary N) is 1. The number of halogens is 2. The molecule has 1 atom stereocenters. The lowest BCUT2D eigenvalue weighted by Crippen LogP contribution is -2.56. The van der Waals surface area contributed by atoms with Gasteiger partial charge in [-0.2, -0.15) is 0 Å². The van der Waals surface area contributed by atoms with E-state index in [0.717, 1.165) is 12.8 Å². The van der Waals surface area contributed by atoms with Crippen LogP contribution in [0, 0.1) is 12.7 Å². The van der Waals surface area contributed by atoms with Crippen molar-refractivity contribution in [3.8, 4) is 11.3 Å². The monoisotopic (exact) mass is 553 g/mol.